The highest BCUT2D eigenvalue weighted by molar-refractivity contribution is 5.93. The van der Waals surface area contributed by atoms with Crippen LogP contribution in [0, 0.1) is 0 Å². The van der Waals surface area contributed by atoms with Crippen LogP contribution in [0.5, 0.6) is 0 Å². The third kappa shape index (κ3) is 2.93. The molecule has 2 heterocycles. The van der Waals surface area contributed by atoms with Crippen LogP contribution in [0.4, 0.5) is 5.69 Å². The molecule has 0 aliphatic heterocycles. The number of rotatable bonds is 6. The first-order valence-corrected chi connectivity index (χ1v) is 8.52. The highest BCUT2D eigenvalue weighted by Gasteiger charge is 2.18. The number of hydrogen-bond acceptors (Lipinski definition) is 3. The van der Waals surface area contributed by atoms with Crippen molar-refractivity contribution in [1.29, 1.82) is 0 Å². The second-order valence-corrected chi connectivity index (χ2v) is 6.22. The summed E-state index contributed by atoms with van der Waals surface area (Å²) < 4.78 is 2.14. The zero-order valence-corrected chi connectivity index (χ0v) is 13.3. The molecule has 0 saturated carbocycles. The van der Waals surface area contributed by atoms with E-state index in [9.17, 15) is 0 Å². The number of nitrogens with zero attached hydrogens (tertiary/aromatic N) is 3. The lowest BCUT2D eigenvalue weighted by molar-refractivity contribution is 0.621. The molecule has 4 nitrogen and oxygen atoms in total. The molecule has 2 aromatic heterocycles. The number of imidazole rings is 1. The Bertz CT molecular complexity index is 792. The third-order valence-corrected chi connectivity index (χ3v) is 4.62. The minimum atomic E-state index is 1.01. The second-order valence-electron chi connectivity index (χ2n) is 6.22. The van der Waals surface area contributed by atoms with Crippen LogP contribution in [-0.2, 0) is 19.4 Å². The molecule has 0 bridgehead atoms. The summed E-state index contributed by atoms with van der Waals surface area (Å²) in [5, 5.41) is 4.97. The first-order chi connectivity index (χ1) is 11.4. The number of unbranched alkanes of at least 4 members (excludes halogenated alkanes) is 1. The van der Waals surface area contributed by atoms with Gasteiger partial charge in [-0.3, -0.25) is 4.98 Å². The van der Waals surface area contributed by atoms with Gasteiger partial charge in [-0.15, -0.1) is 0 Å². The topological polar surface area (TPSA) is 42.7 Å². The van der Waals surface area contributed by atoms with Gasteiger partial charge in [0.25, 0.3) is 0 Å². The molecule has 0 radical (unpaired) electrons. The molecular formula is C19H22N4. The van der Waals surface area contributed by atoms with E-state index in [1.165, 1.54) is 28.8 Å². The number of pyridine rings is 1. The van der Waals surface area contributed by atoms with E-state index in [1.54, 1.807) is 0 Å². The van der Waals surface area contributed by atoms with E-state index in [1.807, 2.05) is 18.7 Å². The summed E-state index contributed by atoms with van der Waals surface area (Å²) in [6.07, 6.45) is 11.6. The fraction of sp³-hybridized carbons (Fsp3) is 0.368. The van der Waals surface area contributed by atoms with E-state index in [2.05, 4.69) is 39.1 Å². The van der Waals surface area contributed by atoms with E-state index in [0.717, 1.165) is 44.3 Å². The van der Waals surface area contributed by atoms with Crippen molar-refractivity contribution in [1.82, 2.24) is 14.5 Å². The summed E-state index contributed by atoms with van der Waals surface area (Å²) in [7, 11) is 0. The van der Waals surface area contributed by atoms with Gasteiger partial charge >= 0.3 is 0 Å². The van der Waals surface area contributed by atoms with Gasteiger partial charge in [0.05, 0.1) is 11.8 Å². The lowest BCUT2D eigenvalue weighted by atomic mass is 10.1. The maximum absolute atomic E-state index is 4.84. The Kier molecular flexibility index (Phi) is 3.97. The van der Waals surface area contributed by atoms with Crippen LogP contribution in [-0.4, -0.2) is 21.1 Å². The van der Waals surface area contributed by atoms with Crippen molar-refractivity contribution in [2.75, 3.05) is 11.9 Å². The number of anilines is 1. The molecule has 1 N–H and O–H groups in total. The molecule has 3 aromatic rings. The van der Waals surface area contributed by atoms with E-state index in [-0.39, 0.29) is 0 Å². The maximum atomic E-state index is 4.84. The van der Waals surface area contributed by atoms with Crippen molar-refractivity contribution >= 4 is 16.6 Å². The molecule has 0 saturated heterocycles. The molecule has 0 unspecified atom stereocenters. The fourth-order valence-electron chi connectivity index (χ4n) is 3.46. The molecule has 1 aliphatic rings. The predicted molar refractivity (Wildman–Crippen MR) is 93.7 cm³/mol. The molecule has 23 heavy (non-hydrogen) atoms. The quantitative estimate of drug-likeness (QED) is 0.704. The summed E-state index contributed by atoms with van der Waals surface area (Å²) in [4.78, 5) is 8.93. The smallest absolute Gasteiger partial charge is 0.0945 e. The number of hydrogen-bond donors (Lipinski definition) is 1. The summed E-state index contributed by atoms with van der Waals surface area (Å²) in [5.41, 5.74) is 5.18. The van der Waals surface area contributed by atoms with Crippen molar-refractivity contribution in [3.63, 3.8) is 0 Å². The summed E-state index contributed by atoms with van der Waals surface area (Å²) in [6, 6.07) is 8.49. The standard InChI is InChI=1S/C19H22N4/c1-2-8-17-15(6-1)19(16-7-5-9-18(16)22-17)21-10-3-4-12-23-13-11-20-14-23/h1-2,6,8,11,13-14H,3-5,7,9-10,12H2,(H,21,22). The monoisotopic (exact) mass is 306 g/mol. The largest absolute Gasteiger partial charge is 0.384 e. The van der Waals surface area contributed by atoms with Gasteiger partial charge in [-0.05, 0) is 43.7 Å². The van der Waals surface area contributed by atoms with Gasteiger partial charge in [0.1, 0.15) is 0 Å². The Morgan fingerprint density at radius 1 is 1.13 bits per heavy atom. The highest BCUT2D eigenvalue weighted by atomic mass is 15.0. The molecule has 0 atom stereocenters. The molecule has 0 spiro atoms. The van der Waals surface area contributed by atoms with E-state index >= 15 is 0 Å². The minimum absolute atomic E-state index is 1.01. The number of benzene rings is 1. The maximum Gasteiger partial charge on any atom is 0.0945 e. The van der Waals surface area contributed by atoms with Gasteiger partial charge in [0.15, 0.2) is 0 Å². The predicted octanol–water partition coefficient (Wildman–Crippen LogP) is 3.81. The van der Waals surface area contributed by atoms with Crippen molar-refractivity contribution in [2.24, 2.45) is 0 Å². The Morgan fingerprint density at radius 2 is 2.09 bits per heavy atom. The second kappa shape index (κ2) is 6.41. The first kappa shape index (κ1) is 14.2. The van der Waals surface area contributed by atoms with E-state index in [4.69, 9.17) is 4.98 Å². The van der Waals surface area contributed by atoms with Crippen LogP contribution in [0.25, 0.3) is 10.9 Å². The molecule has 0 amide bonds. The average molecular weight is 306 g/mol. The van der Waals surface area contributed by atoms with Gasteiger partial charge in [-0.1, -0.05) is 18.2 Å². The first-order valence-electron chi connectivity index (χ1n) is 8.52. The minimum Gasteiger partial charge on any atom is -0.384 e. The third-order valence-electron chi connectivity index (χ3n) is 4.62. The average Bonchev–Trinajstić information content (AvgIpc) is 3.24. The summed E-state index contributed by atoms with van der Waals surface area (Å²) >= 11 is 0. The highest BCUT2D eigenvalue weighted by Crippen LogP contribution is 2.33. The zero-order chi connectivity index (χ0) is 15.5. The molecule has 1 aromatic carbocycles. The summed E-state index contributed by atoms with van der Waals surface area (Å²) in [6.45, 7) is 2.05. The molecule has 4 rings (SSSR count). The van der Waals surface area contributed by atoms with Gasteiger partial charge in [0.2, 0.25) is 0 Å². The van der Waals surface area contributed by atoms with Gasteiger partial charge in [-0.25, -0.2) is 4.98 Å². The van der Waals surface area contributed by atoms with Crippen LogP contribution in [0.15, 0.2) is 43.0 Å². The molecule has 0 fully saturated rings. The number of aryl methyl sites for hydroxylation is 2. The van der Waals surface area contributed by atoms with Crippen LogP contribution < -0.4 is 5.32 Å². The number of fused-ring (bicyclic) bond motifs is 2. The van der Waals surface area contributed by atoms with Crippen LogP contribution >= 0.6 is 0 Å². The Balaban J connectivity index is 1.46. The Labute approximate surface area is 136 Å². The molecule has 4 heteroatoms. The molecular weight excluding hydrogens is 284 g/mol. The normalized spacial score (nSPS) is 13.4. The van der Waals surface area contributed by atoms with Crippen molar-refractivity contribution in [3.05, 3.63) is 54.2 Å². The zero-order valence-electron chi connectivity index (χ0n) is 13.3. The number of nitrogens with one attached hydrogen (secondary N) is 1. The van der Waals surface area contributed by atoms with Crippen LogP contribution in [0.1, 0.15) is 30.5 Å². The SMILES string of the molecule is c1ccc2c(NCCCCn3ccnc3)c3c(nc2c1)CCC3. The van der Waals surface area contributed by atoms with Gasteiger partial charge < -0.3 is 9.88 Å². The summed E-state index contributed by atoms with van der Waals surface area (Å²) in [5.74, 6) is 0. The van der Waals surface area contributed by atoms with E-state index < -0.39 is 0 Å². The molecule has 1 aliphatic carbocycles. The Morgan fingerprint density at radius 3 is 3.00 bits per heavy atom. The van der Waals surface area contributed by atoms with Crippen LogP contribution in [0.2, 0.25) is 0 Å². The van der Waals surface area contributed by atoms with Gasteiger partial charge in [0, 0.05) is 42.3 Å². The van der Waals surface area contributed by atoms with Crippen molar-refractivity contribution in [3.8, 4) is 0 Å². The molecule has 118 valence electrons. The van der Waals surface area contributed by atoms with Crippen molar-refractivity contribution < 1.29 is 0 Å². The van der Waals surface area contributed by atoms with Crippen molar-refractivity contribution in [2.45, 2.75) is 38.6 Å². The van der Waals surface area contributed by atoms with Crippen LogP contribution in [0.3, 0.4) is 0 Å². The number of aromatic nitrogens is 3. The van der Waals surface area contributed by atoms with Gasteiger partial charge in [-0.2, -0.15) is 0 Å². The fourth-order valence-corrected chi connectivity index (χ4v) is 3.46. The lowest BCUT2D eigenvalue weighted by Gasteiger charge is -2.14. The number of para-hydroxylation sites is 1. The van der Waals surface area contributed by atoms with E-state index in [0.29, 0.717) is 0 Å². The lowest BCUT2D eigenvalue weighted by Crippen LogP contribution is -2.07. The Hall–Kier alpha value is -2.36.